The average Bonchev–Trinajstić information content (AvgIpc) is 2.85. The summed E-state index contributed by atoms with van der Waals surface area (Å²) >= 11 is 17.7. The van der Waals surface area contributed by atoms with E-state index in [9.17, 15) is 4.39 Å². The maximum atomic E-state index is 13.6. The minimum absolute atomic E-state index is 0.0488. The van der Waals surface area contributed by atoms with Gasteiger partial charge in [-0.3, -0.25) is 0 Å². The third-order valence-electron chi connectivity index (χ3n) is 3.18. The highest BCUT2D eigenvalue weighted by atomic mass is 35.5. The molecule has 2 aromatic carbocycles. The molecule has 0 radical (unpaired) electrons. The molecule has 21 heavy (non-hydrogen) atoms. The van der Waals surface area contributed by atoms with Crippen molar-refractivity contribution in [2.75, 3.05) is 0 Å². The van der Waals surface area contributed by atoms with Gasteiger partial charge in [0.25, 0.3) is 0 Å². The van der Waals surface area contributed by atoms with Gasteiger partial charge >= 0.3 is 0 Å². The lowest BCUT2D eigenvalue weighted by Crippen LogP contribution is -2.12. The molecule has 0 spiro atoms. The van der Waals surface area contributed by atoms with Gasteiger partial charge in [-0.25, -0.2) is 4.39 Å². The molecular weight excluding hydrogens is 336 g/mol. The molecular formula is C15H9Cl3FNO. The quantitative estimate of drug-likeness (QED) is 0.616. The molecule has 3 aromatic rings. The van der Waals surface area contributed by atoms with E-state index in [4.69, 9.17) is 45.0 Å². The molecule has 0 saturated carbocycles. The lowest BCUT2D eigenvalue weighted by molar-refractivity contribution is 0.523. The Kier molecular flexibility index (Phi) is 3.84. The predicted molar refractivity (Wildman–Crippen MR) is 83.7 cm³/mol. The lowest BCUT2D eigenvalue weighted by Gasteiger charge is -2.11. The minimum atomic E-state index is -0.699. The van der Waals surface area contributed by atoms with Crippen LogP contribution in [-0.2, 0) is 0 Å². The van der Waals surface area contributed by atoms with Crippen LogP contribution in [-0.4, -0.2) is 0 Å². The van der Waals surface area contributed by atoms with Crippen LogP contribution in [0.15, 0.2) is 40.8 Å². The summed E-state index contributed by atoms with van der Waals surface area (Å²) in [5.41, 5.74) is 7.17. The van der Waals surface area contributed by atoms with Crippen LogP contribution in [0.2, 0.25) is 15.1 Å². The summed E-state index contributed by atoms with van der Waals surface area (Å²) in [7, 11) is 0. The van der Waals surface area contributed by atoms with Crippen LogP contribution >= 0.6 is 34.8 Å². The summed E-state index contributed by atoms with van der Waals surface area (Å²) in [5.74, 6) is -0.110. The first kappa shape index (κ1) is 14.7. The SMILES string of the molecule is NC(c1cc2cc(Cl)ccc2o1)c1cc(F)c(Cl)cc1Cl. The molecule has 3 rings (SSSR count). The molecule has 2 nitrogen and oxygen atoms in total. The fourth-order valence-electron chi connectivity index (χ4n) is 2.12. The van der Waals surface area contributed by atoms with Gasteiger partial charge < -0.3 is 10.2 Å². The van der Waals surface area contributed by atoms with Gasteiger partial charge in [-0.05, 0) is 42.0 Å². The van der Waals surface area contributed by atoms with E-state index in [2.05, 4.69) is 0 Å². The van der Waals surface area contributed by atoms with Crippen molar-refractivity contribution >= 4 is 45.8 Å². The Morgan fingerprint density at radius 1 is 1.00 bits per heavy atom. The zero-order valence-electron chi connectivity index (χ0n) is 10.5. The van der Waals surface area contributed by atoms with Crippen molar-refractivity contribution in [3.63, 3.8) is 0 Å². The summed E-state index contributed by atoms with van der Waals surface area (Å²) in [4.78, 5) is 0. The van der Waals surface area contributed by atoms with Crippen molar-refractivity contribution < 1.29 is 8.81 Å². The monoisotopic (exact) mass is 343 g/mol. The number of rotatable bonds is 2. The topological polar surface area (TPSA) is 39.2 Å². The Hall–Kier alpha value is -1.26. The molecule has 2 N–H and O–H groups in total. The predicted octanol–water partition coefficient (Wildman–Crippen LogP) is 5.58. The Morgan fingerprint density at radius 2 is 1.76 bits per heavy atom. The molecule has 0 bridgehead atoms. The number of halogens is 4. The Labute approximate surface area is 135 Å². The highest BCUT2D eigenvalue weighted by Crippen LogP contribution is 2.33. The van der Waals surface area contributed by atoms with Gasteiger partial charge in [-0.15, -0.1) is 0 Å². The van der Waals surface area contributed by atoms with E-state index in [1.165, 1.54) is 12.1 Å². The molecule has 6 heteroatoms. The average molecular weight is 345 g/mol. The lowest BCUT2D eigenvalue weighted by atomic mass is 10.0. The second-order valence-corrected chi connectivity index (χ2v) is 5.85. The third-order valence-corrected chi connectivity index (χ3v) is 4.03. The highest BCUT2D eigenvalue weighted by Gasteiger charge is 2.19. The van der Waals surface area contributed by atoms with Crippen molar-refractivity contribution in [2.24, 2.45) is 5.73 Å². The fraction of sp³-hybridized carbons (Fsp3) is 0.0667. The number of hydrogen-bond acceptors (Lipinski definition) is 2. The van der Waals surface area contributed by atoms with Gasteiger partial charge in [0.2, 0.25) is 0 Å². The van der Waals surface area contributed by atoms with Gasteiger partial charge in [0.05, 0.1) is 11.1 Å². The molecule has 108 valence electrons. The fourth-order valence-corrected chi connectivity index (χ4v) is 2.80. The Balaban J connectivity index is 2.07. The van der Waals surface area contributed by atoms with Crippen LogP contribution in [0.4, 0.5) is 4.39 Å². The van der Waals surface area contributed by atoms with Crippen LogP contribution in [0.25, 0.3) is 11.0 Å². The summed E-state index contributed by atoms with van der Waals surface area (Å²) in [6, 6.07) is 8.84. The van der Waals surface area contributed by atoms with Gasteiger partial charge in [-0.2, -0.15) is 0 Å². The normalized spacial score (nSPS) is 12.8. The Bertz CT molecular complexity index is 831. The van der Waals surface area contributed by atoms with Crippen molar-refractivity contribution in [1.82, 2.24) is 0 Å². The van der Waals surface area contributed by atoms with E-state index < -0.39 is 11.9 Å². The molecule has 0 saturated heterocycles. The number of furan rings is 1. The standard InChI is InChI=1S/C15H9Cl3FNO/c16-8-1-2-13-7(3-8)4-14(21-13)15(20)9-5-12(19)11(18)6-10(9)17/h1-6,15H,20H2. The highest BCUT2D eigenvalue weighted by molar-refractivity contribution is 6.35. The summed E-state index contributed by atoms with van der Waals surface area (Å²) in [6.07, 6.45) is 0. The van der Waals surface area contributed by atoms with Gasteiger partial charge in [0, 0.05) is 15.4 Å². The van der Waals surface area contributed by atoms with Crippen molar-refractivity contribution in [3.05, 3.63) is 68.6 Å². The molecule has 1 heterocycles. The van der Waals surface area contributed by atoms with Gasteiger partial charge in [0.1, 0.15) is 17.2 Å². The minimum Gasteiger partial charge on any atom is -0.459 e. The van der Waals surface area contributed by atoms with Gasteiger partial charge in [0.15, 0.2) is 0 Å². The zero-order chi connectivity index (χ0) is 15.1. The zero-order valence-corrected chi connectivity index (χ0v) is 12.8. The maximum Gasteiger partial charge on any atom is 0.142 e. The van der Waals surface area contributed by atoms with E-state index in [1.807, 2.05) is 0 Å². The molecule has 1 aromatic heterocycles. The number of hydrogen-bond donors (Lipinski definition) is 1. The van der Waals surface area contributed by atoms with Crippen LogP contribution in [0.5, 0.6) is 0 Å². The molecule has 0 aliphatic carbocycles. The number of benzene rings is 2. The van der Waals surface area contributed by atoms with E-state index in [1.54, 1.807) is 24.3 Å². The van der Waals surface area contributed by atoms with Crippen LogP contribution in [0, 0.1) is 5.82 Å². The van der Waals surface area contributed by atoms with Crippen molar-refractivity contribution in [1.29, 1.82) is 0 Å². The number of fused-ring (bicyclic) bond motifs is 1. The van der Waals surface area contributed by atoms with E-state index in [0.717, 1.165) is 5.39 Å². The van der Waals surface area contributed by atoms with E-state index in [-0.39, 0.29) is 10.0 Å². The van der Waals surface area contributed by atoms with Crippen LogP contribution in [0.1, 0.15) is 17.4 Å². The maximum absolute atomic E-state index is 13.6. The second kappa shape index (κ2) is 5.50. The largest absolute Gasteiger partial charge is 0.459 e. The molecule has 0 amide bonds. The first-order valence-electron chi connectivity index (χ1n) is 6.04. The first-order chi connectivity index (χ1) is 9.95. The van der Waals surface area contributed by atoms with E-state index >= 15 is 0 Å². The molecule has 1 atom stereocenters. The molecule has 0 aliphatic heterocycles. The van der Waals surface area contributed by atoms with E-state index in [0.29, 0.717) is 21.9 Å². The van der Waals surface area contributed by atoms with Crippen LogP contribution in [0.3, 0.4) is 0 Å². The molecule has 0 aliphatic rings. The molecule has 0 fully saturated rings. The van der Waals surface area contributed by atoms with Crippen LogP contribution < -0.4 is 5.73 Å². The third kappa shape index (κ3) is 2.74. The first-order valence-corrected chi connectivity index (χ1v) is 7.18. The summed E-state index contributed by atoms with van der Waals surface area (Å²) < 4.78 is 19.3. The Morgan fingerprint density at radius 3 is 2.52 bits per heavy atom. The summed E-state index contributed by atoms with van der Waals surface area (Å²) in [5, 5.41) is 1.65. The van der Waals surface area contributed by atoms with Gasteiger partial charge in [-0.1, -0.05) is 34.8 Å². The summed E-state index contributed by atoms with van der Waals surface area (Å²) in [6.45, 7) is 0. The smallest absolute Gasteiger partial charge is 0.142 e. The van der Waals surface area contributed by atoms with Crippen molar-refractivity contribution in [3.8, 4) is 0 Å². The number of nitrogens with two attached hydrogens (primary N) is 1. The molecule has 1 unspecified atom stereocenters. The van der Waals surface area contributed by atoms with Crippen molar-refractivity contribution in [2.45, 2.75) is 6.04 Å². The second-order valence-electron chi connectivity index (χ2n) is 4.60.